The molecule has 0 saturated carbocycles. The number of carboxylic acids is 1. The van der Waals surface area contributed by atoms with E-state index in [9.17, 15) is 9.59 Å². The van der Waals surface area contributed by atoms with Gasteiger partial charge in [0, 0.05) is 6.54 Å². The summed E-state index contributed by atoms with van der Waals surface area (Å²) < 4.78 is 0. The van der Waals surface area contributed by atoms with Crippen molar-refractivity contribution in [2.24, 2.45) is 0 Å². The van der Waals surface area contributed by atoms with Crippen LogP contribution in [0, 0.1) is 0 Å². The number of carbonyl (C=O) groups excluding carboxylic acids is 1. The summed E-state index contributed by atoms with van der Waals surface area (Å²) in [5.74, 6) is -0.982. The highest BCUT2D eigenvalue weighted by Gasteiger charge is 2.01. The van der Waals surface area contributed by atoms with E-state index in [0.29, 0.717) is 13.0 Å². The summed E-state index contributed by atoms with van der Waals surface area (Å²) in [7, 11) is 0. The molecule has 0 bridgehead atoms. The van der Waals surface area contributed by atoms with Gasteiger partial charge in [0.25, 0.3) is 0 Å². The van der Waals surface area contributed by atoms with Crippen LogP contribution in [-0.4, -0.2) is 35.5 Å². The molecule has 0 fully saturated rings. The first-order chi connectivity index (χ1) is 4.20. The van der Waals surface area contributed by atoms with E-state index in [-0.39, 0.29) is 6.54 Å². The molecule has 1 amide bonds. The Labute approximate surface area is 53.1 Å². The van der Waals surface area contributed by atoms with Crippen LogP contribution in [0.3, 0.4) is 0 Å². The van der Waals surface area contributed by atoms with E-state index < -0.39 is 5.97 Å². The Morgan fingerprint density at radius 2 is 2.33 bits per heavy atom. The highest BCUT2D eigenvalue weighted by Crippen LogP contribution is 1.79. The molecule has 0 spiro atoms. The lowest BCUT2D eigenvalue weighted by molar-refractivity contribution is -0.140. The Hall–Kier alpha value is -1.06. The van der Waals surface area contributed by atoms with Crippen molar-refractivity contribution in [1.82, 2.24) is 4.90 Å². The standard InChI is InChI=1S/C5H9NO3/c1-2-6(4-7)3-5(8)9/h4H,2-3H2,1H3,(H,8,9). The normalized spacial score (nSPS) is 8.56. The van der Waals surface area contributed by atoms with Crippen LogP contribution in [0.4, 0.5) is 0 Å². The Morgan fingerprint density at radius 3 is 2.44 bits per heavy atom. The van der Waals surface area contributed by atoms with Gasteiger partial charge in [0.2, 0.25) is 6.41 Å². The number of amides is 1. The van der Waals surface area contributed by atoms with E-state index >= 15 is 0 Å². The van der Waals surface area contributed by atoms with E-state index in [1.54, 1.807) is 6.92 Å². The van der Waals surface area contributed by atoms with E-state index in [0.717, 1.165) is 0 Å². The second-order valence-corrected chi connectivity index (χ2v) is 1.56. The van der Waals surface area contributed by atoms with Crippen LogP contribution in [-0.2, 0) is 9.59 Å². The molecule has 0 radical (unpaired) electrons. The van der Waals surface area contributed by atoms with Crippen molar-refractivity contribution in [3.8, 4) is 0 Å². The van der Waals surface area contributed by atoms with Crippen LogP contribution < -0.4 is 0 Å². The first-order valence-electron chi connectivity index (χ1n) is 2.61. The SMILES string of the molecule is CCN(C=O)CC(=O)O. The molecular weight excluding hydrogens is 122 g/mol. The molecule has 0 atom stereocenters. The highest BCUT2D eigenvalue weighted by atomic mass is 16.4. The number of nitrogens with zero attached hydrogens (tertiary/aromatic N) is 1. The van der Waals surface area contributed by atoms with Gasteiger partial charge >= 0.3 is 5.97 Å². The summed E-state index contributed by atoms with van der Waals surface area (Å²) in [6.45, 7) is 1.95. The predicted molar refractivity (Wildman–Crippen MR) is 30.9 cm³/mol. The topological polar surface area (TPSA) is 57.6 Å². The average molecular weight is 131 g/mol. The molecule has 0 saturated heterocycles. The minimum absolute atomic E-state index is 0.208. The fourth-order valence-electron chi connectivity index (χ4n) is 0.397. The number of rotatable bonds is 4. The van der Waals surface area contributed by atoms with Gasteiger partial charge in [0.1, 0.15) is 6.54 Å². The van der Waals surface area contributed by atoms with Crippen LogP contribution >= 0.6 is 0 Å². The monoisotopic (exact) mass is 131 g/mol. The minimum Gasteiger partial charge on any atom is -0.480 e. The Kier molecular flexibility index (Phi) is 3.43. The number of hydrogen-bond donors (Lipinski definition) is 1. The third kappa shape index (κ3) is 3.52. The molecule has 0 aromatic carbocycles. The number of carboxylic acid groups (broad SMARTS) is 1. The van der Waals surface area contributed by atoms with Gasteiger partial charge in [-0.25, -0.2) is 0 Å². The Bertz CT molecular complexity index is 113. The fraction of sp³-hybridized carbons (Fsp3) is 0.600. The van der Waals surface area contributed by atoms with Crippen molar-refractivity contribution < 1.29 is 14.7 Å². The minimum atomic E-state index is -0.982. The van der Waals surface area contributed by atoms with Crippen LogP contribution in [0.15, 0.2) is 0 Å². The summed E-state index contributed by atoms with van der Waals surface area (Å²) in [6, 6.07) is 0. The average Bonchev–Trinajstić information content (AvgIpc) is 1.82. The van der Waals surface area contributed by atoms with Crippen molar-refractivity contribution in [3.05, 3.63) is 0 Å². The van der Waals surface area contributed by atoms with Crippen molar-refractivity contribution in [2.45, 2.75) is 6.92 Å². The van der Waals surface area contributed by atoms with E-state index in [1.165, 1.54) is 4.90 Å². The molecule has 0 unspecified atom stereocenters. The largest absolute Gasteiger partial charge is 0.480 e. The molecule has 1 N–H and O–H groups in total. The maximum Gasteiger partial charge on any atom is 0.323 e. The van der Waals surface area contributed by atoms with E-state index in [4.69, 9.17) is 5.11 Å². The quantitative estimate of drug-likeness (QED) is 0.526. The number of likely N-dealkylation sites (N-methyl/N-ethyl adjacent to an activating group) is 1. The Morgan fingerprint density at radius 1 is 1.78 bits per heavy atom. The van der Waals surface area contributed by atoms with Crippen LogP contribution in [0.5, 0.6) is 0 Å². The molecule has 0 aliphatic rings. The molecule has 4 heteroatoms. The van der Waals surface area contributed by atoms with Crippen molar-refractivity contribution in [2.75, 3.05) is 13.1 Å². The molecule has 52 valence electrons. The smallest absolute Gasteiger partial charge is 0.323 e. The first kappa shape index (κ1) is 7.94. The van der Waals surface area contributed by atoms with Gasteiger partial charge in [-0.3, -0.25) is 9.59 Å². The zero-order valence-electron chi connectivity index (χ0n) is 5.20. The first-order valence-corrected chi connectivity index (χ1v) is 2.61. The summed E-state index contributed by atoms with van der Waals surface area (Å²) >= 11 is 0. The molecule has 0 rings (SSSR count). The molecule has 0 heterocycles. The summed E-state index contributed by atoms with van der Waals surface area (Å²) in [5.41, 5.74) is 0. The summed E-state index contributed by atoms with van der Waals surface area (Å²) in [6.07, 6.45) is 0.522. The van der Waals surface area contributed by atoms with Crippen LogP contribution in [0.2, 0.25) is 0 Å². The highest BCUT2D eigenvalue weighted by molar-refractivity contribution is 5.71. The summed E-state index contributed by atoms with van der Waals surface area (Å²) in [4.78, 5) is 21.0. The molecule has 0 aliphatic heterocycles. The van der Waals surface area contributed by atoms with Crippen molar-refractivity contribution in [3.63, 3.8) is 0 Å². The lowest BCUT2D eigenvalue weighted by atomic mass is 10.5. The number of hydrogen-bond acceptors (Lipinski definition) is 2. The molecule has 9 heavy (non-hydrogen) atoms. The second kappa shape index (κ2) is 3.88. The van der Waals surface area contributed by atoms with Crippen LogP contribution in [0.25, 0.3) is 0 Å². The van der Waals surface area contributed by atoms with Gasteiger partial charge in [-0.2, -0.15) is 0 Å². The van der Waals surface area contributed by atoms with Gasteiger partial charge in [0.15, 0.2) is 0 Å². The predicted octanol–water partition coefficient (Wildman–Crippen LogP) is -0.451. The zero-order valence-corrected chi connectivity index (χ0v) is 5.20. The van der Waals surface area contributed by atoms with E-state index in [2.05, 4.69) is 0 Å². The zero-order chi connectivity index (χ0) is 7.28. The van der Waals surface area contributed by atoms with Gasteiger partial charge in [-0.15, -0.1) is 0 Å². The van der Waals surface area contributed by atoms with Crippen molar-refractivity contribution in [1.29, 1.82) is 0 Å². The van der Waals surface area contributed by atoms with Crippen LogP contribution in [0.1, 0.15) is 6.92 Å². The molecule has 0 aromatic heterocycles. The lowest BCUT2D eigenvalue weighted by Gasteiger charge is -2.09. The third-order valence-electron chi connectivity index (χ3n) is 0.894. The van der Waals surface area contributed by atoms with Gasteiger partial charge < -0.3 is 10.0 Å². The third-order valence-corrected chi connectivity index (χ3v) is 0.894. The van der Waals surface area contributed by atoms with Gasteiger partial charge in [0.05, 0.1) is 0 Å². The maximum atomic E-state index is 9.93. The van der Waals surface area contributed by atoms with Crippen molar-refractivity contribution >= 4 is 12.4 Å². The maximum absolute atomic E-state index is 9.93. The number of aliphatic carboxylic acids is 1. The summed E-state index contributed by atoms with van der Waals surface area (Å²) in [5, 5.41) is 8.15. The molecule has 0 aliphatic carbocycles. The lowest BCUT2D eigenvalue weighted by Crippen LogP contribution is -2.27. The molecule has 4 nitrogen and oxygen atoms in total. The second-order valence-electron chi connectivity index (χ2n) is 1.56. The molecule has 0 aromatic rings. The van der Waals surface area contributed by atoms with Gasteiger partial charge in [-0.1, -0.05) is 0 Å². The molecular formula is C5H9NO3. The fourth-order valence-corrected chi connectivity index (χ4v) is 0.397. The van der Waals surface area contributed by atoms with Gasteiger partial charge in [-0.05, 0) is 6.92 Å². The Balaban J connectivity index is 3.55. The van der Waals surface area contributed by atoms with E-state index in [1.807, 2.05) is 0 Å². The number of carbonyl (C=O) groups is 2.